The first kappa shape index (κ1) is 14.9. The zero-order valence-corrected chi connectivity index (χ0v) is 10.9. The molecule has 102 valence electrons. The number of aliphatic carboxylic acids is 1. The molecule has 0 aromatic heterocycles. The molecule has 1 rings (SSSR count). The van der Waals surface area contributed by atoms with Gasteiger partial charge in [-0.15, -0.1) is 0 Å². The number of carboxylic acid groups (broad SMARTS) is 1. The molecule has 0 spiro atoms. The quantitative estimate of drug-likeness (QED) is 0.830. The molecule has 0 saturated heterocycles. The summed E-state index contributed by atoms with van der Waals surface area (Å²) in [5, 5.41) is 8.71. The minimum atomic E-state index is -1.05. The minimum absolute atomic E-state index is 0.319. The van der Waals surface area contributed by atoms with Gasteiger partial charge in [0.1, 0.15) is 12.4 Å². The Morgan fingerprint density at radius 1 is 1.32 bits per heavy atom. The minimum Gasteiger partial charge on any atom is -0.480 e. The van der Waals surface area contributed by atoms with Crippen LogP contribution in [-0.4, -0.2) is 35.0 Å². The summed E-state index contributed by atoms with van der Waals surface area (Å²) in [6, 6.07) is 5.72. The van der Waals surface area contributed by atoms with Crippen LogP contribution in [0.2, 0.25) is 0 Å². The van der Waals surface area contributed by atoms with E-state index in [2.05, 4.69) is 0 Å². The maximum Gasteiger partial charge on any atom is 0.323 e. The van der Waals surface area contributed by atoms with E-state index in [0.717, 1.165) is 0 Å². The van der Waals surface area contributed by atoms with Crippen molar-refractivity contribution in [3.05, 3.63) is 41.2 Å². The van der Waals surface area contributed by atoms with Crippen LogP contribution in [-0.2, 0) is 9.59 Å². The average Bonchev–Trinajstić information content (AvgIpc) is 2.37. The highest BCUT2D eigenvalue weighted by Gasteiger charge is 2.16. The molecule has 0 unspecified atom stereocenters. The summed E-state index contributed by atoms with van der Waals surface area (Å²) in [5.74, 6) is -1.74. The maximum atomic E-state index is 12.7. The molecule has 0 radical (unpaired) electrons. The maximum absolute atomic E-state index is 12.7. The summed E-state index contributed by atoms with van der Waals surface area (Å²) in [5.41, 5.74) is 1.10. The summed E-state index contributed by atoms with van der Waals surface area (Å²) in [4.78, 5) is 23.9. The lowest BCUT2D eigenvalue weighted by Crippen LogP contribution is -2.35. The molecule has 0 aliphatic carbocycles. The van der Waals surface area contributed by atoms with Gasteiger partial charge in [0.25, 0.3) is 0 Å². The number of likely N-dealkylation sites (N-methyl/N-ethyl adjacent to an activating group) is 1. The fourth-order valence-electron chi connectivity index (χ4n) is 1.61. The van der Waals surface area contributed by atoms with Crippen LogP contribution in [0.4, 0.5) is 4.39 Å². The SMILES string of the molecule is CCN(CC(=O)O)C(=O)/C(C)=C/c1ccc(F)cc1. The predicted octanol–water partition coefficient (Wildman–Crippen LogP) is 2.16. The fourth-order valence-corrected chi connectivity index (χ4v) is 1.61. The monoisotopic (exact) mass is 265 g/mol. The van der Waals surface area contributed by atoms with Crippen molar-refractivity contribution in [3.63, 3.8) is 0 Å². The van der Waals surface area contributed by atoms with Crippen molar-refractivity contribution in [2.24, 2.45) is 0 Å². The molecule has 4 nitrogen and oxygen atoms in total. The molecule has 5 heteroatoms. The first-order valence-electron chi connectivity index (χ1n) is 5.89. The van der Waals surface area contributed by atoms with Gasteiger partial charge in [-0.1, -0.05) is 12.1 Å². The van der Waals surface area contributed by atoms with E-state index >= 15 is 0 Å². The van der Waals surface area contributed by atoms with Crippen molar-refractivity contribution in [1.29, 1.82) is 0 Å². The third-order valence-electron chi connectivity index (χ3n) is 2.59. The van der Waals surface area contributed by atoms with Crippen molar-refractivity contribution >= 4 is 18.0 Å². The lowest BCUT2D eigenvalue weighted by Gasteiger charge is -2.18. The Hall–Kier alpha value is -2.17. The second kappa shape index (κ2) is 6.68. The molecular weight excluding hydrogens is 249 g/mol. The summed E-state index contributed by atoms with van der Waals surface area (Å²) < 4.78 is 12.7. The fraction of sp³-hybridized carbons (Fsp3) is 0.286. The molecule has 1 aromatic rings. The predicted molar refractivity (Wildman–Crippen MR) is 69.9 cm³/mol. The van der Waals surface area contributed by atoms with Gasteiger partial charge in [0.2, 0.25) is 5.91 Å². The van der Waals surface area contributed by atoms with E-state index in [1.165, 1.54) is 17.0 Å². The molecular formula is C14H16FNO3. The highest BCUT2D eigenvalue weighted by Crippen LogP contribution is 2.10. The number of carboxylic acids is 1. The van der Waals surface area contributed by atoms with Gasteiger partial charge in [0, 0.05) is 12.1 Å². The Bertz CT molecular complexity index is 494. The summed E-state index contributed by atoms with van der Waals surface area (Å²) in [6.07, 6.45) is 1.60. The summed E-state index contributed by atoms with van der Waals surface area (Å²) >= 11 is 0. The van der Waals surface area contributed by atoms with Crippen molar-refractivity contribution in [2.45, 2.75) is 13.8 Å². The van der Waals surface area contributed by atoms with Gasteiger partial charge in [0.15, 0.2) is 0 Å². The lowest BCUT2D eigenvalue weighted by molar-refractivity contribution is -0.142. The Morgan fingerprint density at radius 2 is 1.89 bits per heavy atom. The Kier molecular flexibility index (Phi) is 5.23. The van der Waals surface area contributed by atoms with E-state index in [1.54, 1.807) is 32.1 Å². The van der Waals surface area contributed by atoms with Crippen molar-refractivity contribution in [2.75, 3.05) is 13.1 Å². The number of rotatable bonds is 5. The number of amides is 1. The molecule has 0 aliphatic rings. The van der Waals surface area contributed by atoms with E-state index in [0.29, 0.717) is 17.7 Å². The van der Waals surface area contributed by atoms with Gasteiger partial charge in [-0.05, 0) is 37.6 Å². The van der Waals surface area contributed by atoms with Crippen molar-refractivity contribution in [1.82, 2.24) is 4.90 Å². The number of hydrogen-bond donors (Lipinski definition) is 1. The topological polar surface area (TPSA) is 57.6 Å². The molecule has 1 amide bonds. The largest absolute Gasteiger partial charge is 0.480 e. The van der Waals surface area contributed by atoms with E-state index in [-0.39, 0.29) is 18.3 Å². The highest BCUT2D eigenvalue weighted by molar-refractivity contribution is 5.98. The molecule has 0 fully saturated rings. The first-order chi connectivity index (χ1) is 8.93. The van der Waals surface area contributed by atoms with Crippen LogP contribution in [0.15, 0.2) is 29.8 Å². The van der Waals surface area contributed by atoms with E-state index in [4.69, 9.17) is 5.11 Å². The van der Waals surface area contributed by atoms with Crippen LogP contribution in [0.1, 0.15) is 19.4 Å². The van der Waals surface area contributed by atoms with Gasteiger partial charge in [-0.3, -0.25) is 9.59 Å². The molecule has 1 aromatic carbocycles. The van der Waals surface area contributed by atoms with E-state index in [1.807, 2.05) is 0 Å². The molecule has 0 heterocycles. The van der Waals surface area contributed by atoms with E-state index < -0.39 is 5.97 Å². The van der Waals surface area contributed by atoms with Gasteiger partial charge in [-0.2, -0.15) is 0 Å². The third kappa shape index (κ3) is 4.54. The van der Waals surface area contributed by atoms with Gasteiger partial charge < -0.3 is 10.0 Å². The zero-order valence-electron chi connectivity index (χ0n) is 10.9. The molecule has 0 aliphatic heterocycles. The standard InChI is InChI=1S/C14H16FNO3/c1-3-16(9-13(17)18)14(19)10(2)8-11-4-6-12(15)7-5-11/h4-8H,3,9H2,1-2H3,(H,17,18)/b10-8+. The Morgan fingerprint density at radius 3 is 2.37 bits per heavy atom. The van der Waals surface area contributed by atoms with Gasteiger partial charge in [-0.25, -0.2) is 4.39 Å². The number of halogens is 1. The molecule has 0 saturated carbocycles. The second-order valence-electron chi connectivity index (χ2n) is 4.09. The van der Waals surface area contributed by atoms with Crippen LogP contribution in [0.3, 0.4) is 0 Å². The molecule has 0 atom stereocenters. The lowest BCUT2D eigenvalue weighted by atomic mass is 10.1. The summed E-state index contributed by atoms with van der Waals surface area (Å²) in [7, 11) is 0. The molecule has 1 N–H and O–H groups in total. The van der Waals surface area contributed by atoms with Crippen molar-refractivity contribution in [3.8, 4) is 0 Å². The third-order valence-corrected chi connectivity index (χ3v) is 2.59. The normalized spacial score (nSPS) is 11.2. The Labute approximate surface area is 111 Å². The average molecular weight is 265 g/mol. The number of hydrogen-bond acceptors (Lipinski definition) is 2. The van der Waals surface area contributed by atoms with Crippen molar-refractivity contribution < 1.29 is 19.1 Å². The van der Waals surface area contributed by atoms with Crippen LogP contribution >= 0.6 is 0 Å². The number of carbonyl (C=O) groups is 2. The smallest absolute Gasteiger partial charge is 0.323 e. The van der Waals surface area contributed by atoms with Crippen LogP contribution in [0.5, 0.6) is 0 Å². The first-order valence-corrected chi connectivity index (χ1v) is 5.89. The Balaban J connectivity index is 2.85. The molecule has 0 bridgehead atoms. The zero-order chi connectivity index (χ0) is 14.4. The van der Waals surface area contributed by atoms with Gasteiger partial charge >= 0.3 is 5.97 Å². The van der Waals surface area contributed by atoms with Gasteiger partial charge in [0.05, 0.1) is 0 Å². The van der Waals surface area contributed by atoms with Crippen LogP contribution in [0, 0.1) is 5.82 Å². The number of benzene rings is 1. The second-order valence-corrected chi connectivity index (χ2v) is 4.09. The molecule has 19 heavy (non-hydrogen) atoms. The number of nitrogens with zero attached hydrogens (tertiary/aromatic N) is 1. The van der Waals surface area contributed by atoms with E-state index in [9.17, 15) is 14.0 Å². The highest BCUT2D eigenvalue weighted by atomic mass is 19.1. The van der Waals surface area contributed by atoms with Crippen LogP contribution < -0.4 is 0 Å². The van der Waals surface area contributed by atoms with Crippen LogP contribution in [0.25, 0.3) is 6.08 Å². The summed E-state index contributed by atoms with van der Waals surface area (Å²) in [6.45, 7) is 3.31. The number of carbonyl (C=O) groups excluding carboxylic acids is 1.